The summed E-state index contributed by atoms with van der Waals surface area (Å²) < 4.78 is 5.40. The lowest BCUT2D eigenvalue weighted by Gasteiger charge is -2.19. The van der Waals surface area contributed by atoms with Gasteiger partial charge in [0.25, 0.3) is 5.22 Å². The second-order valence-corrected chi connectivity index (χ2v) is 5.63. The molecule has 2 heterocycles. The van der Waals surface area contributed by atoms with Gasteiger partial charge in [0, 0.05) is 13.0 Å². The van der Waals surface area contributed by atoms with Crippen molar-refractivity contribution in [3.8, 4) is 0 Å². The normalized spacial score (nSPS) is 14.8. The SMILES string of the molecule is CCC(N)C(Sc1nnc(C)o1)c1ccsc1. The molecule has 17 heavy (non-hydrogen) atoms. The Balaban J connectivity index is 2.17. The van der Waals surface area contributed by atoms with E-state index in [-0.39, 0.29) is 11.3 Å². The first-order valence-corrected chi connectivity index (χ1v) is 7.27. The van der Waals surface area contributed by atoms with Crippen LogP contribution in [0.2, 0.25) is 0 Å². The van der Waals surface area contributed by atoms with Crippen molar-refractivity contribution < 1.29 is 4.42 Å². The molecular formula is C11H15N3OS2. The number of nitrogens with two attached hydrogens (primary N) is 1. The van der Waals surface area contributed by atoms with E-state index in [9.17, 15) is 0 Å². The first-order chi connectivity index (χ1) is 8.20. The topological polar surface area (TPSA) is 64.9 Å². The summed E-state index contributed by atoms with van der Waals surface area (Å²) in [6.07, 6.45) is 0.917. The van der Waals surface area contributed by atoms with Gasteiger partial charge in [0.05, 0.1) is 5.25 Å². The van der Waals surface area contributed by atoms with Crippen molar-refractivity contribution in [1.82, 2.24) is 10.2 Å². The van der Waals surface area contributed by atoms with E-state index in [4.69, 9.17) is 10.2 Å². The zero-order valence-electron chi connectivity index (χ0n) is 9.79. The predicted octanol–water partition coefficient (Wildman–Crippen LogP) is 3.01. The van der Waals surface area contributed by atoms with Gasteiger partial charge in [-0.3, -0.25) is 0 Å². The fourth-order valence-electron chi connectivity index (χ4n) is 1.49. The first kappa shape index (κ1) is 12.6. The van der Waals surface area contributed by atoms with Gasteiger partial charge in [-0.1, -0.05) is 18.7 Å². The third-order valence-corrected chi connectivity index (χ3v) is 4.41. The van der Waals surface area contributed by atoms with Crippen molar-refractivity contribution in [3.63, 3.8) is 0 Å². The van der Waals surface area contributed by atoms with E-state index in [1.165, 1.54) is 5.56 Å². The standard InChI is InChI=1S/C11H15N3OS2/c1-3-9(12)10(8-4-5-16-6-8)17-11-14-13-7(2)15-11/h4-6,9-10H,3,12H2,1-2H3. The second kappa shape index (κ2) is 5.66. The summed E-state index contributed by atoms with van der Waals surface area (Å²) in [6.45, 7) is 3.88. The number of thioether (sulfide) groups is 1. The van der Waals surface area contributed by atoms with Gasteiger partial charge in [0.1, 0.15) is 0 Å². The van der Waals surface area contributed by atoms with Gasteiger partial charge in [-0.2, -0.15) is 11.3 Å². The number of thiophene rings is 1. The van der Waals surface area contributed by atoms with E-state index in [2.05, 4.69) is 33.9 Å². The van der Waals surface area contributed by atoms with Crippen LogP contribution < -0.4 is 5.73 Å². The van der Waals surface area contributed by atoms with Gasteiger partial charge in [0.15, 0.2) is 0 Å². The van der Waals surface area contributed by atoms with Crippen LogP contribution in [0.25, 0.3) is 0 Å². The second-order valence-electron chi connectivity index (χ2n) is 3.75. The molecule has 4 nitrogen and oxygen atoms in total. The van der Waals surface area contributed by atoms with E-state index in [1.807, 2.05) is 0 Å². The number of nitrogens with zero attached hydrogens (tertiary/aromatic N) is 2. The Morgan fingerprint density at radius 1 is 1.53 bits per heavy atom. The molecule has 2 N–H and O–H groups in total. The van der Waals surface area contributed by atoms with Gasteiger partial charge in [-0.15, -0.1) is 10.2 Å². The summed E-state index contributed by atoms with van der Waals surface area (Å²) >= 11 is 3.22. The molecule has 6 heteroatoms. The fraction of sp³-hybridized carbons (Fsp3) is 0.455. The maximum atomic E-state index is 6.16. The minimum absolute atomic E-state index is 0.0850. The molecule has 0 aliphatic heterocycles. The van der Waals surface area contributed by atoms with Crippen molar-refractivity contribution in [2.75, 3.05) is 0 Å². The third-order valence-electron chi connectivity index (χ3n) is 2.47. The van der Waals surface area contributed by atoms with Crippen LogP contribution in [-0.4, -0.2) is 16.2 Å². The molecule has 0 bridgehead atoms. The highest BCUT2D eigenvalue weighted by Gasteiger charge is 2.22. The quantitative estimate of drug-likeness (QED) is 0.845. The maximum Gasteiger partial charge on any atom is 0.277 e. The van der Waals surface area contributed by atoms with Crippen LogP contribution >= 0.6 is 23.1 Å². The van der Waals surface area contributed by atoms with E-state index in [0.29, 0.717) is 11.1 Å². The van der Waals surface area contributed by atoms with Crippen LogP contribution in [-0.2, 0) is 0 Å². The molecule has 0 saturated carbocycles. The van der Waals surface area contributed by atoms with Gasteiger partial charge in [-0.25, -0.2) is 0 Å². The van der Waals surface area contributed by atoms with Gasteiger partial charge < -0.3 is 10.2 Å². The zero-order chi connectivity index (χ0) is 12.3. The van der Waals surface area contributed by atoms with Crippen LogP contribution in [0.3, 0.4) is 0 Å². The lowest BCUT2D eigenvalue weighted by Crippen LogP contribution is -2.25. The van der Waals surface area contributed by atoms with Crippen molar-refractivity contribution in [1.29, 1.82) is 0 Å². The summed E-state index contributed by atoms with van der Waals surface area (Å²) in [4.78, 5) is 0. The summed E-state index contributed by atoms with van der Waals surface area (Å²) in [5.41, 5.74) is 7.38. The van der Waals surface area contributed by atoms with Crippen molar-refractivity contribution in [2.45, 2.75) is 36.8 Å². The highest BCUT2D eigenvalue weighted by atomic mass is 32.2. The van der Waals surface area contributed by atoms with E-state index >= 15 is 0 Å². The monoisotopic (exact) mass is 269 g/mol. The van der Waals surface area contributed by atoms with Crippen LogP contribution in [0.4, 0.5) is 0 Å². The molecule has 2 aromatic rings. The average Bonchev–Trinajstić information content (AvgIpc) is 2.96. The van der Waals surface area contributed by atoms with E-state index in [0.717, 1.165) is 6.42 Å². The van der Waals surface area contributed by atoms with Crippen molar-refractivity contribution >= 4 is 23.1 Å². The average molecular weight is 269 g/mol. The fourth-order valence-corrected chi connectivity index (χ4v) is 3.39. The van der Waals surface area contributed by atoms with Crippen molar-refractivity contribution in [3.05, 3.63) is 28.3 Å². The Kier molecular flexibility index (Phi) is 4.20. The number of aryl methyl sites for hydroxylation is 1. The molecule has 0 spiro atoms. The summed E-state index contributed by atoms with van der Waals surface area (Å²) in [5, 5.41) is 12.8. The highest BCUT2D eigenvalue weighted by molar-refractivity contribution is 7.99. The molecule has 0 amide bonds. The largest absolute Gasteiger partial charge is 0.416 e. The summed E-state index contributed by atoms with van der Waals surface area (Å²) in [7, 11) is 0. The summed E-state index contributed by atoms with van der Waals surface area (Å²) in [6, 6.07) is 2.18. The zero-order valence-corrected chi connectivity index (χ0v) is 11.4. The van der Waals surface area contributed by atoms with Crippen LogP contribution in [0.1, 0.15) is 30.0 Å². The minimum atomic E-state index is 0.0850. The first-order valence-electron chi connectivity index (χ1n) is 5.45. The molecular weight excluding hydrogens is 254 g/mol. The van der Waals surface area contributed by atoms with E-state index < -0.39 is 0 Å². The Labute approximate surface area is 109 Å². The third kappa shape index (κ3) is 3.08. The molecule has 0 aromatic carbocycles. The highest BCUT2D eigenvalue weighted by Crippen LogP contribution is 2.38. The maximum absolute atomic E-state index is 6.16. The van der Waals surface area contributed by atoms with Gasteiger partial charge in [-0.05, 0) is 28.8 Å². The Bertz CT molecular complexity index is 455. The lowest BCUT2D eigenvalue weighted by atomic mass is 10.1. The van der Waals surface area contributed by atoms with Crippen LogP contribution in [0.15, 0.2) is 26.5 Å². The predicted molar refractivity (Wildman–Crippen MR) is 70.2 cm³/mol. The molecule has 92 valence electrons. The van der Waals surface area contributed by atoms with Crippen LogP contribution in [0, 0.1) is 6.92 Å². The number of hydrogen-bond donors (Lipinski definition) is 1. The van der Waals surface area contributed by atoms with Gasteiger partial charge in [0.2, 0.25) is 5.89 Å². The van der Waals surface area contributed by atoms with E-state index in [1.54, 1.807) is 30.0 Å². The molecule has 2 unspecified atom stereocenters. The Hall–Kier alpha value is -0.850. The number of rotatable bonds is 5. The molecule has 0 fully saturated rings. The molecule has 0 aliphatic rings. The molecule has 2 rings (SSSR count). The van der Waals surface area contributed by atoms with Gasteiger partial charge >= 0.3 is 0 Å². The molecule has 2 atom stereocenters. The Morgan fingerprint density at radius 3 is 2.88 bits per heavy atom. The minimum Gasteiger partial charge on any atom is -0.416 e. The van der Waals surface area contributed by atoms with Crippen LogP contribution in [0.5, 0.6) is 0 Å². The summed E-state index contributed by atoms with van der Waals surface area (Å²) in [5.74, 6) is 0.585. The Morgan fingerprint density at radius 2 is 2.35 bits per heavy atom. The molecule has 0 saturated heterocycles. The number of hydrogen-bond acceptors (Lipinski definition) is 6. The molecule has 2 aromatic heterocycles. The molecule has 0 radical (unpaired) electrons. The van der Waals surface area contributed by atoms with Crippen molar-refractivity contribution in [2.24, 2.45) is 5.73 Å². The number of aromatic nitrogens is 2. The lowest BCUT2D eigenvalue weighted by molar-refractivity contribution is 0.427. The molecule has 0 aliphatic carbocycles. The smallest absolute Gasteiger partial charge is 0.277 e.